The maximum atomic E-state index is 13.0. The second-order valence-corrected chi connectivity index (χ2v) is 9.51. The Morgan fingerprint density at radius 3 is 2.39 bits per heavy atom. The predicted octanol–water partition coefficient (Wildman–Crippen LogP) is 3.17. The number of amides is 1. The zero-order valence-corrected chi connectivity index (χ0v) is 19.0. The average Bonchev–Trinajstić information content (AvgIpc) is 3.16. The number of carbonyl (C=O) groups is 1. The number of benzene rings is 2. The van der Waals surface area contributed by atoms with E-state index in [2.05, 4.69) is 10.1 Å². The van der Waals surface area contributed by atoms with Gasteiger partial charge in [0.05, 0.1) is 18.5 Å². The Bertz CT molecular complexity index is 1170. The van der Waals surface area contributed by atoms with Gasteiger partial charge >= 0.3 is 0 Å². The van der Waals surface area contributed by atoms with Gasteiger partial charge < -0.3 is 9.42 Å². The highest BCUT2D eigenvalue weighted by molar-refractivity contribution is 7.92. The predicted molar refractivity (Wildman–Crippen MR) is 119 cm³/mol. The van der Waals surface area contributed by atoms with E-state index in [9.17, 15) is 13.2 Å². The normalized spacial score (nSPS) is 12.4. The Morgan fingerprint density at radius 1 is 1.10 bits per heavy atom. The SMILES string of the molecule is Cc1ccc(N([C@H](C)C(=O)N(C)Cc2nc(-c3cccc(C)c3)no2)S(C)(=O)=O)cc1. The van der Waals surface area contributed by atoms with E-state index in [0.717, 1.165) is 27.3 Å². The average molecular weight is 443 g/mol. The number of nitrogens with zero attached hydrogens (tertiary/aromatic N) is 4. The molecule has 1 heterocycles. The molecule has 31 heavy (non-hydrogen) atoms. The molecule has 0 saturated heterocycles. The molecule has 0 aliphatic carbocycles. The van der Waals surface area contributed by atoms with Crippen molar-refractivity contribution in [3.8, 4) is 11.4 Å². The molecule has 164 valence electrons. The number of rotatable bonds is 7. The van der Waals surface area contributed by atoms with Crippen LogP contribution in [-0.4, -0.2) is 48.7 Å². The summed E-state index contributed by atoms with van der Waals surface area (Å²) >= 11 is 0. The Labute approximate surface area is 182 Å². The highest BCUT2D eigenvalue weighted by Crippen LogP contribution is 2.23. The first-order valence-corrected chi connectivity index (χ1v) is 11.6. The zero-order chi connectivity index (χ0) is 22.8. The minimum Gasteiger partial charge on any atom is -0.337 e. The maximum absolute atomic E-state index is 13.0. The highest BCUT2D eigenvalue weighted by atomic mass is 32.2. The summed E-state index contributed by atoms with van der Waals surface area (Å²) in [5.41, 5.74) is 3.32. The summed E-state index contributed by atoms with van der Waals surface area (Å²) in [5.74, 6) is 0.312. The minimum absolute atomic E-state index is 0.0630. The van der Waals surface area contributed by atoms with E-state index in [0.29, 0.717) is 11.5 Å². The van der Waals surface area contributed by atoms with Gasteiger partial charge in [-0.3, -0.25) is 9.10 Å². The van der Waals surface area contributed by atoms with Crippen molar-refractivity contribution in [1.29, 1.82) is 0 Å². The molecule has 3 rings (SSSR count). The standard InChI is InChI=1S/C22H26N4O4S/c1-15-9-11-19(12-10-15)26(31(5,28)29)17(3)22(27)25(4)14-20-23-21(24-30-20)18-8-6-7-16(2)13-18/h6-13,17H,14H2,1-5H3/t17-/m1/s1. The maximum Gasteiger partial charge on any atom is 0.246 e. The molecule has 0 radical (unpaired) electrons. The Hall–Kier alpha value is -3.20. The summed E-state index contributed by atoms with van der Waals surface area (Å²) in [6.45, 7) is 5.51. The summed E-state index contributed by atoms with van der Waals surface area (Å²) < 4.78 is 31.3. The molecular weight excluding hydrogens is 416 g/mol. The minimum atomic E-state index is -3.68. The summed E-state index contributed by atoms with van der Waals surface area (Å²) in [6.07, 6.45) is 1.09. The summed E-state index contributed by atoms with van der Waals surface area (Å²) in [5, 5.41) is 3.98. The second kappa shape index (κ2) is 8.89. The number of sulfonamides is 1. The fourth-order valence-electron chi connectivity index (χ4n) is 3.31. The van der Waals surface area contributed by atoms with Crippen molar-refractivity contribution < 1.29 is 17.7 Å². The van der Waals surface area contributed by atoms with Crippen molar-refractivity contribution in [2.45, 2.75) is 33.4 Å². The summed E-state index contributed by atoms with van der Waals surface area (Å²) in [6, 6.07) is 13.7. The lowest BCUT2D eigenvalue weighted by atomic mass is 10.1. The molecule has 1 atom stereocenters. The number of carbonyl (C=O) groups excluding carboxylic acids is 1. The van der Waals surface area contributed by atoms with Crippen molar-refractivity contribution in [3.05, 3.63) is 65.5 Å². The largest absolute Gasteiger partial charge is 0.337 e. The van der Waals surface area contributed by atoms with E-state index in [1.54, 1.807) is 38.2 Å². The lowest BCUT2D eigenvalue weighted by Gasteiger charge is -2.30. The van der Waals surface area contributed by atoms with Crippen LogP contribution in [0.3, 0.4) is 0 Å². The molecular formula is C22H26N4O4S. The molecule has 8 nitrogen and oxygen atoms in total. The van der Waals surface area contributed by atoms with Gasteiger partial charge in [-0.05, 0) is 39.0 Å². The van der Waals surface area contributed by atoms with Gasteiger partial charge in [0.2, 0.25) is 27.6 Å². The third-order valence-corrected chi connectivity index (χ3v) is 6.09. The fraction of sp³-hybridized carbons (Fsp3) is 0.318. The first-order valence-electron chi connectivity index (χ1n) is 9.77. The second-order valence-electron chi connectivity index (χ2n) is 7.65. The molecule has 9 heteroatoms. The first kappa shape index (κ1) is 22.5. The van der Waals surface area contributed by atoms with Crippen LogP contribution in [0.5, 0.6) is 0 Å². The van der Waals surface area contributed by atoms with Crippen LogP contribution in [0.4, 0.5) is 5.69 Å². The molecule has 0 fully saturated rings. The molecule has 0 aliphatic heterocycles. The highest BCUT2D eigenvalue weighted by Gasteiger charge is 2.31. The van der Waals surface area contributed by atoms with Crippen molar-refractivity contribution >= 4 is 21.6 Å². The van der Waals surface area contributed by atoms with Gasteiger partial charge in [-0.1, -0.05) is 46.6 Å². The molecule has 0 saturated carbocycles. The van der Waals surface area contributed by atoms with E-state index in [-0.39, 0.29) is 18.3 Å². The van der Waals surface area contributed by atoms with Crippen molar-refractivity contribution in [1.82, 2.24) is 15.0 Å². The van der Waals surface area contributed by atoms with E-state index in [1.165, 1.54) is 4.90 Å². The molecule has 0 unspecified atom stereocenters. The van der Waals surface area contributed by atoms with Gasteiger partial charge in [0, 0.05) is 12.6 Å². The van der Waals surface area contributed by atoms with Gasteiger partial charge in [0.1, 0.15) is 6.04 Å². The van der Waals surface area contributed by atoms with Gasteiger partial charge in [-0.2, -0.15) is 4.98 Å². The van der Waals surface area contributed by atoms with Crippen LogP contribution in [0.25, 0.3) is 11.4 Å². The lowest BCUT2D eigenvalue weighted by molar-refractivity contribution is -0.131. The zero-order valence-electron chi connectivity index (χ0n) is 18.2. The molecule has 0 N–H and O–H groups in total. The van der Waals surface area contributed by atoms with Crippen molar-refractivity contribution in [3.63, 3.8) is 0 Å². The Morgan fingerprint density at radius 2 is 1.77 bits per heavy atom. The van der Waals surface area contributed by atoms with Crippen LogP contribution in [0.2, 0.25) is 0 Å². The van der Waals surface area contributed by atoms with Crippen LogP contribution in [-0.2, 0) is 21.4 Å². The molecule has 0 spiro atoms. The van der Waals surface area contributed by atoms with Gasteiger partial charge in [-0.15, -0.1) is 0 Å². The summed E-state index contributed by atoms with van der Waals surface area (Å²) in [4.78, 5) is 18.8. The number of anilines is 1. The molecule has 0 bridgehead atoms. The summed E-state index contributed by atoms with van der Waals surface area (Å²) in [7, 11) is -2.11. The monoisotopic (exact) mass is 442 g/mol. The number of aromatic nitrogens is 2. The smallest absolute Gasteiger partial charge is 0.246 e. The third-order valence-electron chi connectivity index (χ3n) is 4.85. The van der Waals surface area contributed by atoms with Gasteiger partial charge in [-0.25, -0.2) is 8.42 Å². The first-order chi connectivity index (χ1) is 14.6. The van der Waals surface area contributed by atoms with Gasteiger partial charge in [0.25, 0.3) is 0 Å². The van der Waals surface area contributed by atoms with E-state index >= 15 is 0 Å². The third kappa shape index (κ3) is 5.29. The van der Waals surface area contributed by atoms with Crippen LogP contribution in [0.15, 0.2) is 53.1 Å². The molecule has 2 aromatic carbocycles. The van der Waals surface area contributed by atoms with Crippen LogP contribution >= 0.6 is 0 Å². The fourth-order valence-corrected chi connectivity index (χ4v) is 4.48. The molecule has 0 aliphatic rings. The molecule has 3 aromatic rings. The van der Waals surface area contributed by atoms with E-state index < -0.39 is 16.1 Å². The topological polar surface area (TPSA) is 96.6 Å². The van der Waals surface area contributed by atoms with Crippen molar-refractivity contribution in [2.24, 2.45) is 0 Å². The van der Waals surface area contributed by atoms with Crippen LogP contribution < -0.4 is 4.31 Å². The number of aryl methyl sites for hydroxylation is 2. The number of hydrogen-bond acceptors (Lipinski definition) is 6. The molecule has 1 aromatic heterocycles. The number of hydrogen-bond donors (Lipinski definition) is 0. The van der Waals surface area contributed by atoms with Crippen LogP contribution in [0, 0.1) is 13.8 Å². The van der Waals surface area contributed by atoms with Crippen molar-refractivity contribution in [2.75, 3.05) is 17.6 Å². The number of likely N-dealkylation sites (N-methyl/N-ethyl adjacent to an activating group) is 1. The van der Waals surface area contributed by atoms with Crippen LogP contribution in [0.1, 0.15) is 23.9 Å². The quantitative estimate of drug-likeness (QED) is 0.558. The molecule has 1 amide bonds. The Balaban J connectivity index is 1.77. The van der Waals surface area contributed by atoms with E-state index in [1.807, 2.05) is 38.1 Å². The van der Waals surface area contributed by atoms with E-state index in [4.69, 9.17) is 4.52 Å². The lowest BCUT2D eigenvalue weighted by Crippen LogP contribution is -2.48. The Kier molecular flexibility index (Phi) is 6.45. The van der Waals surface area contributed by atoms with Gasteiger partial charge in [0.15, 0.2) is 0 Å².